The fourth-order valence-corrected chi connectivity index (χ4v) is 2.24. The van der Waals surface area contributed by atoms with E-state index in [0.717, 1.165) is 22.5 Å². The molecule has 0 unspecified atom stereocenters. The highest BCUT2D eigenvalue weighted by atomic mass is 16.5. The van der Waals surface area contributed by atoms with Gasteiger partial charge in [-0.25, -0.2) is 4.98 Å². The van der Waals surface area contributed by atoms with Gasteiger partial charge in [0.2, 0.25) is 11.8 Å². The summed E-state index contributed by atoms with van der Waals surface area (Å²) in [6, 6.07) is 11.7. The monoisotopic (exact) mass is 309 g/mol. The van der Waals surface area contributed by atoms with Crippen LogP contribution in [-0.4, -0.2) is 20.2 Å². The molecule has 6 heteroatoms. The van der Waals surface area contributed by atoms with Crippen molar-refractivity contribution in [2.75, 3.05) is 5.32 Å². The van der Waals surface area contributed by atoms with Gasteiger partial charge in [0, 0.05) is 30.1 Å². The van der Waals surface area contributed by atoms with Gasteiger partial charge < -0.3 is 10.1 Å². The lowest BCUT2D eigenvalue weighted by atomic mass is 10.2. The Kier molecular flexibility index (Phi) is 4.52. The zero-order valence-corrected chi connectivity index (χ0v) is 13.2. The van der Waals surface area contributed by atoms with Crippen LogP contribution in [0.3, 0.4) is 0 Å². The van der Waals surface area contributed by atoms with Crippen LogP contribution in [0.2, 0.25) is 0 Å². The van der Waals surface area contributed by atoms with E-state index >= 15 is 0 Å². The van der Waals surface area contributed by atoms with E-state index in [1.807, 2.05) is 44.2 Å². The standard InChI is InChI=1S/C17H19N5O/c1-12-15(13(2)22-21-12)10-19-17-18-9-8-16(20-17)23-11-14-6-4-3-5-7-14/h3-9H,10-11H2,1-2H3,(H,21,22)(H,18,19,20). The Bertz CT molecular complexity index is 750. The Morgan fingerprint density at radius 3 is 2.70 bits per heavy atom. The summed E-state index contributed by atoms with van der Waals surface area (Å²) in [6.07, 6.45) is 1.69. The normalized spacial score (nSPS) is 10.5. The molecule has 0 bridgehead atoms. The Hall–Kier alpha value is -2.89. The van der Waals surface area contributed by atoms with Gasteiger partial charge in [0.1, 0.15) is 6.61 Å². The van der Waals surface area contributed by atoms with Crippen molar-refractivity contribution in [2.24, 2.45) is 0 Å². The average molecular weight is 309 g/mol. The molecule has 0 saturated heterocycles. The highest BCUT2D eigenvalue weighted by Gasteiger charge is 2.07. The number of H-pyrrole nitrogens is 1. The van der Waals surface area contributed by atoms with Crippen molar-refractivity contribution in [2.45, 2.75) is 27.0 Å². The fraction of sp³-hybridized carbons (Fsp3) is 0.235. The Morgan fingerprint density at radius 1 is 1.13 bits per heavy atom. The second kappa shape index (κ2) is 6.91. The first-order valence-electron chi connectivity index (χ1n) is 7.46. The molecule has 0 aliphatic carbocycles. The summed E-state index contributed by atoms with van der Waals surface area (Å²) in [5.41, 5.74) is 4.26. The Balaban J connectivity index is 1.61. The lowest BCUT2D eigenvalue weighted by Gasteiger charge is -2.08. The van der Waals surface area contributed by atoms with Crippen LogP contribution in [0.4, 0.5) is 5.95 Å². The van der Waals surface area contributed by atoms with Crippen LogP contribution < -0.4 is 10.1 Å². The van der Waals surface area contributed by atoms with Crippen molar-refractivity contribution in [1.82, 2.24) is 20.2 Å². The van der Waals surface area contributed by atoms with Gasteiger partial charge in [-0.3, -0.25) is 5.10 Å². The molecule has 0 fully saturated rings. The number of nitrogens with zero attached hydrogens (tertiary/aromatic N) is 3. The largest absolute Gasteiger partial charge is 0.473 e. The van der Waals surface area contributed by atoms with Gasteiger partial charge in [-0.1, -0.05) is 30.3 Å². The summed E-state index contributed by atoms with van der Waals surface area (Å²) in [5, 5.41) is 10.4. The van der Waals surface area contributed by atoms with Crippen LogP contribution in [0.15, 0.2) is 42.6 Å². The first-order chi connectivity index (χ1) is 11.2. The number of aromatic nitrogens is 4. The van der Waals surface area contributed by atoms with Crippen LogP contribution in [0, 0.1) is 13.8 Å². The third-order valence-corrected chi connectivity index (χ3v) is 3.56. The summed E-state index contributed by atoms with van der Waals surface area (Å²) in [7, 11) is 0. The molecule has 3 rings (SSSR count). The first kappa shape index (κ1) is 15.0. The lowest BCUT2D eigenvalue weighted by molar-refractivity contribution is 0.294. The van der Waals surface area contributed by atoms with Crippen LogP contribution in [-0.2, 0) is 13.2 Å². The molecule has 0 spiro atoms. The summed E-state index contributed by atoms with van der Waals surface area (Å²) in [4.78, 5) is 8.59. The van der Waals surface area contributed by atoms with E-state index in [-0.39, 0.29) is 0 Å². The van der Waals surface area contributed by atoms with Gasteiger partial charge in [0.15, 0.2) is 0 Å². The molecule has 0 radical (unpaired) electrons. The number of hydrogen-bond acceptors (Lipinski definition) is 5. The molecule has 0 atom stereocenters. The maximum Gasteiger partial charge on any atom is 0.226 e. The Labute approximate surface area is 135 Å². The number of rotatable bonds is 6. The molecule has 23 heavy (non-hydrogen) atoms. The average Bonchev–Trinajstić information content (AvgIpc) is 2.91. The van der Waals surface area contributed by atoms with Crippen molar-refractivity contribution in [3.8, 4) is 5.88 Å². The second-order valence-electron chi connectivity index (χ2n) is 5.26. The van der Waals surface area contributed by atoms with Crippen LogP contribution in [0.25, 0.3) is 0 Å². The minimum atomic E-state index is 0.483. The Morgan fingerprint density at radius 2 is 1.96 bits per heavy atom. The third kappa shape index (κ3) is 3.85. The van der Waals surface area contributed by atoms with Gasteiger partial charge in [-0.05, 0) is 19.4 Å². The van der Waals surface area contributed by atoms with Gasteiger partial charge in [0.25, 0.3) is 0 Å². The number of benzene rings is 1. The van der Waals surface area contributed by atoms with Crippen molar-refractivity contribution in [3.63, 3.8) is 0 Å². The van der Waals surface area contributed by atoms with E-state index in [4.69, 9.17) is 4.74 Å². The number of aryl methyl sites for hydroxylation is 2. The molecule has 6 nitrogen and oxygen atoms in total. The summed E-state index contributed by atoms with van der Waals surface area (Å²) >= 11 is 0. The SMILES string of the molecule is Cc1n[nH]c(C)c1CNc1nccc(OCc2ccccc2)n1. The number of nitrogens with one attached hydrogen (secondary N) is 2. The minimum Gasteiger partial charge on any atom is -0.473 e. The zero-order valence-electron chi connectivity index (χ0n) is 13.2. The topological polar surface area (TPSA) is 75.7 Å². The van der Waals surface area contributed by atoms with Gasteiger partial charge >= 0.3 is 0 Å². The quantitative estimate of drug-likeness (QED) is 0.732. The van der Waals surface area contributed by atoms with Crippen molar-refractivity contribution in [3.05, 3.63) is 65.1 Å². The maximum atomic E-state index is 5.71. The van der Waals surface area contributed by atoms with Crippen molar-refractivity contribution >= 4 is 5.95 Å². The number of aromatic amines is 1. The second-order valence-corrected chi connectivity index (χ2v) is 5.26. The number of ether oxygens (including phenoxy) is 1. The van der Waals surface area contributed by atoms with E-state index in [1.54, 1.807) is 12.3 Å². The van der Waals surface area contributed by atoms with E-state index in [1.165, 1.54) is 0 Å². The van der Waals surface area contributed by atoms with Gasteiger partial charge in [0.05, 0.1) is 5.69 Å². The van der Waals surface area contributed by atoms with Crippen molar-refractivity contribution < 1.29 is 4.74 Å². The van der Waals surface area contributed by atoms with Gasteiger partial charge in [-0.2, -0.15) is 10.1 Å². The number of anilines is 1. The predicted molar refractivity (Wildman–Crippen MR) is 88.2 cm³/mol. The first-order valence-corrected chi connectivity index (χ1v) is 7.46. The molecular weight excluding hydrogens is 290 g/mol. The summed E-state index contributed by atoms with van der Waals surface area (Å²) in [6.45, 7) is 5.07. The van der Waals surface area contributed by atoms with Crippen molar-refractivity contribution in [1.29, 1.82) is 0 Å². The highest BCUT2D eigenvalue weighted by Crippen LogP contribution is 2.14. The van der Waals surface area contributed by atoms with E-state index in [2.05, 4.69) is 25.5 Å². The molecule has 0 aliphatic heterocycles. The fourth-order valence-electron chi connectivity index (χ4n) is 2.24. The van der Waals surface area contributed by atoms with E-state index < -0.39 is 0 Å². The summed E-state index contributed by atoms with van der Waals surface area (Å²) < 4.78 is 5.71. The molecule has 0 aliphatic rings. The molecular formula is C17H19N5O. The maximum absolute atomic E-state index is 5.71. The van der Waals surface area contributed by atoms with Gasteiger partial charge in [-0.15, -0.1) is 0 Å². The van der Waals surface area contributed by atoms with Crippen LogP contribution in [0.1, 0.15) is 22.5 Å². The van der Waals surface area contributed by atoms with E-state index in [9.17, 15) is 0 Å². The molecule has 2 N–H and O–H groups in total. The molecule has 2 heterocycles. The smallest absolute Gasteiger partial charge is 0.226 e. The number of hydrogen-bond donors (Lipinski definition) is 2. The molecule has 1 aromatic carbocycles. The third-order valence-electron chi connectivity index (χ3n) is 3.56. The predicted octanol–water partition coefficient (Wildman–Crippen LogP) is 3.01. The van der Waals surface area contributed by atoms with E-state index in [0.29, 0.717) is 25.0 Å². The lowest BCUT2D eigenvalue weighted by Crippen LogP contribution is -2.06. The molecule has 0 amide bonds. The molecule has 2 aromatic heterocycles. The summed E-state index contributed by atoms with van der Waals surface area (Å²) in [5.74, 6) is 1.09. The minimum absolute atomic E-state index is 0.483. The van der Waals surface area contributed by atoms with Crippen LogP contribution >= 0.6 is 0 Å². The highest BCUT2D eigenvalue weighted by molar-refractivity contribution is 5.32. The molecule has 3 aromatic rings. The molecule has 118 valence electrons. The zero-order chi connectivity index (χ0) is 16.1. The van der Waals surface area contributed by atoms with Crippen LogP contribution in [0.5, 0.6) is 5.88 Å². The molecule has 0 saturated carbocycles.